The van der Waals surface area contributed by atoms with Crippen molar-refractivity contribution >= 4 is 28.3 Å². The zero-order chi connectivity index (χ0) is 13.8. The number of nitro groups is 1. The third-order valence-corrected chi connectivity index (χ3v) is 4.21. The Morgan fingerprint density at radius 3 is 2.89 bits per heavy atom. The fourth-order valence-corrected chi connectivity index (χ4v) is 2.93. The quantitative estimate of drug-likeness (QED) is 0.615. The monoisotopic (exact) mass is 279 g/mol. The molecule has 0 atom stereocenters. The Morgan fingerprint density at radius 2 is 2.21 bits per heavy atom. The van der Waals surface area contributed by atoms with Crippen LogP contribution in [0.1, 0.15) is 18.4 Å². The van der Waals surface area contributed by atoms with Crippen molar-refractivity contribution in [2.45, 2.75) is 19.8 Å². The zero-order valence-corrected chi connectivity index (χ0v) is 11.9. The van der Waals surface area contributed by atoms with Crippen molar-refractivity contribution in [2.24, 2.45) is 4.99 Å². The van der Waals surface area contributed by atoms with E-state index in [1.165, 1.54) is 18.9 Å². The Hall–Kier alpha value is -1.56. The van der Waals surface area contributed by atoms with Gasteiger partial charge in [0.15, 0.2) is 5.17 Å². The maximum absolute atomic E-state index is 10.7. The highest BCUT2D eigenvalue weighted by atomic mass is 32.2. The van der Waals surface area contributed by atoms with Gasteiger partial charge in [-0.05, 0) is 31.4 Å². The Kier molecular flexibility index (Phi) is 4.42. The highest BCUT2D eigenvalue weighted by Gasteiger charge is 2.13. The van der Waals surface area contributed by atoms with Crippen LogP contribution in [0.5, 0.6) is 0 Å². The minimum Gasteiger partial charge on any atom is -0.354 e. The molecule has 0 amide bonds. The van der Waals surface area contributed by atoms with Crippen LogP contribution in [0, 0.1) is 17.0 Å². The summed E-state index contributed by atoms with van der Waals surface area (Å²) in [5.74, 6) is 1.08. The predicted octanol–water partition coefficient (Wildman–Crippen LogP) is 3.35. The van der Waals surface area contributed by atoms with Gasteiger partial charge in [-0.15, -0.1) is 0 Å². The summed E-state index contributed by atoms with van der Waals surface area (Å²) in [6.45, 7) is 2.87. The van der Waals surface area contributed by atoms with Gasteiger partial charge < -0.3 is 4.90 Å². The number of hydrogen-bond acceptors (Lipinski definition) is 4. The number of rotatable bonds is 2. The molecule has 0 N–H and O–H groups in total. The van der Waals surface area contributed by atoms with Gasteiger partial charge in [0.1, 0.15) is 0 Å². The molecule has 1 aliphatic heterocycles. The van der Waals surface area contributed by atoms with Crippen molar-refractivity contribution in [1.82, 2.24) is 4.90 Å². The molecule has 0 aliphatic carbocycles. The SMILES string of the molecule is Cc1cc([N+](=O)[O-])ccc1N=C1SCCCCN1C. The van der Waals surface area contributed by atoms with Crippen molar-refractivity contribution in [3.05, 3.63) is 33.9 Å². The molecule has 0 spiro atoms. The van der Waals surface area contributed by atoms with Crippen molar-refractivity contribution in [3.8, 4) is 0 Å². The maximum atomic E-state index is 10.7. The van der Waals surface area contributed by atoms with Gasteiger partial charge in [0.25, 0.3) is 5.69 Å². The fraction of sp³-hybridized carbons (Fsp3) is 0.462. The lowest BCUT2D eigenvalue weighted by atomic mass is 10.2. The first kappa shape index (κ1) is 13.9. The van der Waals surface area contributed by atoms with E-state index in [0.29, 0.717) is 0 Å². The van der Waals surface area contributed by atoms with Crippen molar-refractivity contribution in [3.63, 3.8) is 0 Å². The first-order valence-corrected chi connectivity index (χ1v) is 7.24. The van der Waals surface area contributed by atoms with E-state index in [-0.39, 0.29) is 10.6 Å². The van der Waals surface area contributed by atoms with Crippen LogP contribution >= 0.6 is 11.8 Å². The Balaban J connectivity index is 2.28. The van der Waals surface area contributed by atoms with Crippen LogP contribution in [0.3, 0.4) is 0 Å². The highest BCUT2D eigenvalue weighted by molar-refractivity contribution is 8.13. The summed E-state index contributed by atoms with van der Waals surface area (Å²) < 4.78 is 0. The molecule has 1 saturated heterocycles. The average Bonchev–Trinajstić information content (AvgIpc) is 2.57. The second kappa shape index (κ2) is 6.06. The second-order valence-corrected chi connectivity index (χ2v) is 5.66. The predicted molar refractivity (Wildman–Crippen MR) is 79.3 cm³/mol. The Bertz CT molecular complexity index is 517. The standard InChI is InChI=1S/C13H17N3O2S/c1-10-9-11(16(17)18)5-6-12(10)14-13-15(2)7-3-4-8-19-13/h5-6,9H,3-4,7-8H2,1-2H3. The molecule has 1 heterocycles. The highest BCUT2D eigenvalue weighted by Crippen LogP contribution is 2.26. The van der Waals surface area contributed by atoms with Crippen molar-refractivity contribution in [1.29, 1.82) is 0 Å². The van der Waals surface area contributed by atoms with E-state index in [9.17, 15) is 10.1 Å². The lowest BCUT2D eigenvalue weighted by molar-refractivity contribution is -0.384. The number of thioether (sulfide) groups is 1. The van der Waals surface area contributed by atoms with Crippen LogP contribution in [0.15, 0.2) is 23.2 Å². The second-order valence-electron chi connectivity index (χ2n) is 4.60. The first-order chi connectivity index (χ1) is 9.08. The number of amidine groups is 1. The summed E-state index contributed by atoms with van der Waals surface area (Å²) in [6, 6.07) is 4.80. The zero-order valence-electron chi connectivity index (χ0n) is 11.1. The number of benzene rings is 1. The third kappa shape index (κ3) is 3.47. The number of hydrogen-bond donors (Lipinski definition) is 0. The molecule has 0 radical (unpaired) electrons. The molecule has 1 aromatic rings. The lowest BCUT2D eigenvalue weighted by Gasteiger charge is -2.17. The van der Waals surface area contributed by atoms with Gasteiger partial charge in [-0.2, -0.15) is 0 Å². The molecule has 0 aromatic heterocycles. The van der Waals surface area contributed by atoms with Crippen molar-refractivity contribution in [2.75, 3.05) is 19.3 Å². The molecule has 102 valence electrons. The summed E-state index contributed by atoms with van der Waals surface area (Å²) >= 11 is 1.75. The Labute approximate surface area is 116 Å². The van der Waals surface area contributed by atoms with E-state index in [1.807, 2.05) is 14.0 Å². The van der Waals surface area contributed by atoms with Gasteiger partial charge in [0, 0.05) is 31.5 Å². The largest absolute Gasteiger partial charge is 0.354 e. The van der Waals surface area contributed by atoms with E-state index in [1.54, 1.807) is 23.9 Å². The van der Waals surface area contributed by atoms with E-state index in [0.717, 1.165) is 28.7 Å². The summed E-state index contributed by atoms with van der Waals surface area (Å²) in [4.78, 5) is 17.1. The topological polar surface area (TPSA) is 58.7 Å². The molecule has 6 heteroatoms. The molecule has 1 aliphatic rings. The molecule has 1 fully saturated rings. The van der Waals surface area contributed by atoms with E-state index in [4.69, 9.17) is 0 Å². The van der Waals surface area contributed by atoms with Crippen LogP contribution in [0.2, 0.25) is 0 Å². The van der Waals surface area contributed by atoms with Gasteiger partial charge >= 0.3 is 0 Å². The lowest BCUT2D eigenvalue weighted by Crippen LogP contribution is -2.23. The molecule has 2 rings (SSSR count). The van der Waals surface area contributed by atoms with E-state index in [2.05, 4.69) is 9.89 Å². The van der Waals surface area contributed by atoms with E-state index >= 15 is 0 Å². The number of aliphatic imine (C=N–C) groups is 1. The third-order valence-electron chi connectivity index (χ3n) is 3.05. The molecular formula is C13H17N3O2S. The van der Waals surface area contributed by atoms with Crippen LogP contribution < -0.4 is 0 Å². The summed E-state index contributed by atoms with van der Waals surface area (Å²) in [6.07, 6.45) is 2.38. The number of nitro benzene ring substituents is 1. The minimum atomic E-state index is -0.379. The van der Waals surface area contributed by atoms with Crippen LogP contribution in [0.4, 0.5) is 11.4 Å². The Morgan fingerprint density at radius 1 is 1.42 bits per heavy atom. The van der Waals surface area contributed by atoms with Gasteiger partial charge in [0.05, 0.1) is 10.6 Å². The maximum Gasteiger partial charge on any atom is 0.269 e. The van der Waals surface area contributed by atoms with Crippen molar-refractivity contribution < 1.29 is 4.92 Å². The summed E-state index contributed by atoms with van der Waals surface area (Å²) in [5, 5.41) is 11.7. The molecule has 19 heavy (non-hydrogen) atoms. The summed E-state index contributed by atoms with van der Waals surface area (Å²) in [5.41, 5.74) is 1.75. The van der Waals surface area contributed by atoms with E-state index < -0.39 is 0 Å². The van der Waals surface area contributed by atoms with Crippen LogP contribution in [-0.4, -0.2) is 34.3 Å². The van der Waals surface area contributed by atoms with Gasteiger partial charge in [0.2, 0.25) is 0 Å². The van der Waals surface area contributed by atoms with Gasteiger partial charge in [-0.25, -0.2) is 4.99 Å². The molecular weight excluding hydrogens is 262 g/mol. The number of aryl methyl sites for hydroxylation is 1. The average molecular weight is 279 g/mol. The molecule has 0 saturated carbocycles. The minimum absolute atomic E-state index is 0.114. The van der Waals surface area contributed by atoms with Gasteiger partial charge in [-0.3, -0.25) is 10.1 Å². The van der Waals surface area contributed by atoms with Crippen LogP contribution in [-0.2, 0) is 0 Å². The number of non-ortho nitro benzene ring substituents is 1. The first-order valence-electron chi connectivity index (χ1n) is 6.25. The van der Waals surface area contributed by atoms with Crippen LogP contribution in [0.25, 0.3) is 0 Å². The molecule has 0 unspecified atom stereocenters. The normalized spacial score (nSPS) is 18.4. The number of nitrogens with zero attached hydrogens (tertiary/aromatic N) is 3. The summed E-state index contributed by atoms with van der Waals surface area (Å²) in [7, 11) is 2.04. The van der Waals surface area contributed by atoms with Gasteiger partial charge in [-0.1, -0.05) is 11.8 Å². The fourth-order valence-electron chi connectivity index (χ4n) is 1.92. The molecule has 1 aromatic carbocycles. The smallest absolute Gasteiger partial charge is 0.269 e. The molecule has 0 bridgehead atoms. The molecule has 5 nitrogen and oxygen atoms in total.